The van der Waals surface area contributed by atoms with E-state index in [1.165, 1.54) is 6.08 Å². The van der Waals surface area contributed by atoms with Gasteiger partial charge >= 0.3 is 0 Å². The summed E-state index contributed by atoms with van der Waals surface area (Å²) in [6.45, 7) is 2.02. The number of allylic oxidation sites excluding steroid dienone is 1. The SMILES string of the molecule is Cc1cccc(-c2cc(Cl)cc(Cl)c2/C=C/C=O)c1. The second-order valence-corrected chi connectivity index (χ2v) is 5.06. The third-order valence-electron chi connectivity index (χ3n) is 2.76. The van der Waals surface area contributed by atoms with Crippen LogP contribution < -0.4 is 0 Å². The van der Waals surface area contributed by atoms with Crippen LogP contribution in [-0.2, 0) is 4.79 Å². The summed E-state index contributed by atoms with van der Waals surface area (Å²) in [7, 11) is 0. The standard InChI is InChI=1S/C16H12Cl2O/c1-11-4-2-5-12(8-11)15-9-13(17)10-16(18)14(15)6-3-7-19/h2-10H,1H3/b6-3+. The van der Waals surface area contributed by atoms with Gasteiger partial charge in [0.2, 0.25) is 0 Å². The van der Waals surface area contributed by atoms with Gasteiger partial charge in [-0.2, -0.15) is 0 Å². The van der Waals surface area contributed by atoms with E-state index in [1.807, 2.05) is 31.2 Å². The molecule has 0 bridgehead atoms. The average Bonchev–Trinajstić information content (AvgIpc) is 2.37. The molecular weight excluding hydrogens is 279 g/mol. The Kier molecular flexibility index (Phi) is 4.41. The normalized spacial score (nSPS) is 10.9. The maximum Gasteiger partial charge on any atom is 0.142 e. The topological polar surface area (TPSA) is 17.1 Å². The molecule has 1 nitrogen and oxygen atoms in total. The van der Waals surface area contributed by atoms with Gasteiger partial charge < -0.3 is 0 Å². The lowest BCUT2D eigenvalue weighted by molar-refractivity contribution is -0.104. The third kappa shape index (κ3) is 3.25. The van der Waals surface area contributed by atoms with Crippen molar-refractivity contribution in [1.82, 2.24) is 0 Å². The predicted molar refractivity (Wildman–Crippen MR) is 81.7 cm³/mol. The van der Waals surface area contributed by atoms with Crippen molar-refractivity contribution < 1.29 is 4.79 Å². The maximum atomic E-state index is 10.5. The molecule has 0 amide bonds. The molecule has 19 heavy (non-hydrogen) atoms. The zero-order valence-electron chi connectivity index (χ0n) is 10.4. The number of benzene rings is 2. The number of carbonyl (C=O) groups excluding carboxylic acids is 1. The molecule has 0 saturated heterocycles. The molecule has 0 atom stereocenters. The van der Waals surface area contributed by atoms with Gasteiger partial charge in [0.15, 0.2) is 0 Å². The minimum Gasteiger partial charge on any atom is -0.299 e. The molecular formula is C16H12Cl2O. The van der Waals surface area contributed by atoms with Gasteiger partial charge in [-0.3, -0.25) is 4.79 Å². The Morgan fingerprint density at radius 1 is 1.11 bits per heavy atom. The van der Waals surface area contributed by atoms with Crippen LogP contribution in [0.5, 0.6) is 0 Å². The van der Waals surface area contributed by atoms with E-state index < -0.39 is 0 Å². The Labute approximate surface area is 122 Å². The number of rotatable bonds is 3. The van der Waals surface area contributed by atoms with E-state index in [0.717, 1.165) is 28.5 Å². The highest BCUT2D eigenvalue weighted by molar-refractivity contribution is 6.36. The molecule has 0 N–H and O–H groups in total. The highest BCUT2D eigenvalue weighted by Crippen LogP contribution is 2.34. The molecule has 0 heterocycles. The van der Waals surface area contributed by atoms with Gasteiger partial charge in [-0.15, -0.1) is 0 Å². The summed E-state index contributed by atoms with van der Waals surface area (Å²) in [6, 6.07) is 11.6. The number of aryl methyl sites for hydroxylation is 1. The summed E-state index contributed by atoms with van der Waals surface area (Å²) in [5.74, 6) is 0. The van der Waals surface area contributed by atoms with Gasteiger partial charge in [0, 0.05) is 15.6 Å². The molecule has 0 aliphatic carbocycles. The third-order valence-corrected chi connectivity index (χ3v) is 3.30. The van der Waals surface area contributed by atoms with Gasteiger partial charge in [0.1, 0.15) is 6.29 Å². The molecule has 0 radical (unpaired) electrons. The summed E-state index contributed by atoms with van der Waals surface area (Å²) in [5.41, 5.74) is 3.89. The van der Waals surface area contributed by atoms with Crippen LogP contribution in [0.4, 0.5) is 0 Å². The van der Waals surface area contributed by atoms with Crippen LogP contribution in [0.25, 0.3) is 17.2 Å². The van der Waals surface area contributed by atoms with Crippen LogP contribution in [0.15, 0.2) is 42.5 Å². The number of hydrogen-bond acceptors (Lipinski definition) is 1. The zero-order chi connectivity index (χ0) is 13.8. The smallest absolute Gasteiger partial charge is 0.142 e. The lowest BCUT2D eigenvalue weighted by Crippen LogP contribution is -1.87. The van der Waals surface area contributed by atoms with Crippen LogP contribution in [0, 0.1) is 6.92 Å². The highest BCUT2D eigenvalue weighted by Gasteiger charge is 2.09. The van der Waals surface area contributed by atoms with E-state index in [0.29, 0.717) is 10.0 Å². The van der Waals surface area contributed by atoms with Gasteiger partial charge in [-0.1, -0.05) is 53.0 Å². The van der Waals surface area contributed by atoms with Crippen molar-refractivity contribution in [2.45, 2.75) is 6.92 Å². The van der Waals surface area contributed by atoms with Crippen LogP contribution in [0.2, 0.25) is 10.0 Å². The Hall–Kier alpha value is -1.57. The molecule has 0 aliphatic heterocycles. The minimum absolute atomic E-state index is 0.530. The van der Waals surface area contributed by atoms with Gasteiger partial charge in [0.25, 0.3) is 0 Å². The monoisotopic (exact) mass is 290 g/mol. The predicted octanol–water partition coefficient (Wildman–Crippen LogP) is 5.18. The Balaban J connectivity index is 2.67. The Morgan fingerprint density at radius 3 is 2.58 bits per heavy atom. The summed E-state index contributed by atoms with van der Waals surface area (Å²) < 4.78 is 0. The first-order chi connectivity index (χ1) is 9.11. The van der Waals surface area contributed by atoms with Crippen LogP contribution in [0.3, 0.4) is 0 Å². The zero-order valence-corrected chi connectivity index (χ0v) is 11.9. The maximum absolute atomic E-state index is 10.5. The fraction of sp³-hybridized carbons (Fsp3) is 0.0625. The molecule has 2 aromatic rings. The fourth-order valence-electron chi connectivity index (χ4n) is 1.94. The molecule has 0 aliphatic rings. The van der Waals surface area contributed by atoms with Crippen molar-refractivity contribution in [3.05, 3.63) is 63.6 Å². The molecule has 2 aromatic carbocycles. The molecule has 96 valence electrons. The Bertz CT molecular complexity index is 645. The molecule has 0 unspecified atom stereocenters. The molecule has 0 spiro atoms. The van der Waals surface area contributed by atoms with Crippen LogP contribution in [0.1, 0.15) is 11.1 Å². The second kappa shape index (κ2) is 6.05. The van der Waals surface area contributed by atoms with Gasteiger partial charge in [-0.05, 0) is 42.3 Å². The fourth-order valence-corrected chi connectivity index (χ4v) is 2.50. The minimum atomic E-state index is 0.530. The first-order valence-electron chi connectivity index (χ1n) is 5.80. The highest BCUT2D eigenvalue weighted by atomic mass is 35.5. The largest absolute Gasteiger partial charge is 0.299 e. The van der Waals surface area contributed by atoms with Crippen molar-refractivity contribution in [3.63, 3.8) is 0 Å². The van der Waals surface area contributed by atoms with Crippen LogP contribution >= 0.6 is 23.2 Å². The van der Waals surface area contributed by atoms with E-state index in [1.54, 1.807) is 12.1 Å². The number of carbonyl (C=O) groups is 1. The first kappa shape index (κ1) is 13.9. The summed E-state index contributed by atoms with van der Waals surface area (Å²) >= 11 is 12.3. The number of halogens is 2. The quantitative estimate of drug-likeness (QED) is 0.562. The van der Waals surface area contributed by atoms with Crippen molar-refractivity contribution in [3.8, 4) is 11.1 Å². The van der Waals surface area contributed by atoms with Gasteiger partial charge in [-0.25, -0.2) is 0 Å². The summed E-state index contributed by atoms with van der Waals surface area (Å²) in [4.78, 5) is 10.5. The molecule has 3 heteroatoms. The molecule has 0 fully saturated rings. The van der Waals surface area contributed by atoms with Gasteiger partial charge in [0.05, 0.1) is 0 Å². The van der Waals surface area contributed by atoms with E-state index >= 15 is 0 Å². The van der Waals surface area contributed by atoms with Crippen LogP contribution in [-0.4, -0.2) is 6.29 Å². The number of aldehydes is 1. The molecule has 0 aromatic heterocycles. The summed E-state index contributed by atoms with van der Waals surface area (Å²) in [6.07, 6.45) is 3.85. The first-order valence-corrected chi connectivity index (χ1v) is 6.55. The van der Waals surface area contributed by atoms with E-state index in [9.17, 15) is 4.79 Å². The molecule has 2 rings (SSSR count). The van der Waals surface area contributed by atoms with E-state index in [2.05, 4.69) is 6.07 Å². The van der Waals surface area contributed by atoms with Crippen molar-refractivity contribution in [1.29, 1.82) is 0 Å². The number of hydrogen-bond donors (Lipinski definition) is 0. The summed E-state index contributed by atoms with van der Waals surface area (Å²) in [5, 5.41) is 1.10. The molecule has 0 saturated carbocycles. The van der Waals surface area contributed by atoms with Crippen molar-refractivity contribution >= 4 is 35.6 Å². The van der Waals surface area contributed by atoms with Crippen molar-refractivity contribution in [2.24, 2.45) is 0 Å². The van der Waals surface area contributed by atoms with Crippen molar-refractivity contribution in [2.75, 3.05) is 0 Å². The Morgan fingerprint density at radius 2 is 1.89 bits per heavy atom. The lowest BCUT2D eigenvalue weighted by atomic mass is 9.98. The van der Waals surface area contributed by atoms with E-state index in [-0.39, 0.29) is 0 Å². The average molecular weight is 291 g/mol. The van der Waals surface area contributed by atoms with E-state index in [4.69, 9.17) is 23.2 Å². The second-order valence-electron chi connectivity index (χ2n) is 4.21. The lowest BCUT2D eigenvalue weighted by Gasteiger charge is -2.10.